The van der Waals surface area contributed by atoms with Crippen LogP contribution in [0, 0.1) is 0 Å². The predicted octanol–water partition coefficient (Wildman–Crippen LogP) is 1.26. The minimum atomic E-state index is -3.13. The highest BCUT2D eigenvalue weighted by molar-refractivity contribution is 7.90. The summed E-state index contributed by atoms with van der Waals surface area (Å²) in [5.74, 6) is 5.06. The van der Waals surface area contributed by atoms with E-state index in [1.807, 2.05) is 13.8 Å². The van der Waals surface area contributed by atoms with E-state index in [1.54, 1.807) is 24.3 Å². The number of hydrogen-bond acceptors (Lipinski definition) is 4. The number of benzene rings is 1. The first-order valence-electron chi connectivity index (χ1n) is 4.90. The Kier molecular flexibility index (Phi) is 3.72. The first-order valence-corrected chi connectivity index (χ1v) is 6.79. The second kappa shape index (κ2) is 4.53. The van der Waals surface area contributed by atoms with Crippen molar-refractivity contribution < 1.29 is 13.3 Å². The van der Waals surface area contributed by atoms with Crippen LogP contribution in [0.15, 0.2) is 29.2 Å². The van der Waals surface area contributed by atoms with Gasteiger partial charge in [-0.1, -0.05) is 26.0 Å². The van der Waals surface area contributed by atoms with Crippen LogP contribution in [0.1, 0.15) is 19.4 Å². The Morgan fingerprint density at radius 1 is 1.25 bits per heavy atom. The fourth-order valence-electron chi connectivity index (χ4n) is 1.44. The SMILES string of the molecule is CC(C)(CON)c1ccc(S(C)(=O)=O)cc1. The van der Waals surface area contributed by atoms with Gasteiger partial charge in [0.1, 0.15) is 0 Å². The van der Waals surface area contributed by atoms with Gasteiger partial charge in [0, 0.05) is 11.7 Å². The van der Waals surface area contributed by atoms with Crippen molar-refractivity contribution in [3.63, 3.8) is 0 Å². The minimum Gasteiger partial charge on any atom is -0.304 e. The molecule has 5 heteroatoms. The van der Waals surface area contributed by atoms with E-state index in [0.717, 1.165) is 5.56 Å². The number of rotatable bonds is 4. The van der Waals surface area contributed by atoms with Crippen molar-refractivity contribution in [3.05, 3.63) is 29.8 Å². The van der Waals surface area contributed by atoms with Crippen LogP contribution >= 0.6 is 0 Å². The third kappa shape index (κ3) is 3.04. The van der Waals surface area contributed by atoms with Crippen molar-refractivity contribution in [2.75, 3.05) is 12.9 Å². The lowest BCUT2D eigenvalue weighted by Gasteiger charge is -2.23. The van der Waals surface area contributed by atoms with Gasteiger partial charge in [-0.05, 0) is 17.7 Å². The predicted molar refractivity (Wildman–Crippen MR) is 62.7 cm³/mol. The average Bonchev–Trinajstić information content (AvgIpc) is 2.16. The lowest BCUT2D eigenvalue weighted by molar-refractivity contribution is 0.0964. The molecule has 0 aliphatic carbocycles. The molecule has 0 heterocycles. The molecule has 0 aliphatic rings. The van der Waals surface area contributed by atoms with Crippen LogP contribution < -0.4 is 5.90 Å². The minimum absolute atomic E-state index is 0.231. The van der Waals surface area contributed by atoms with Gasteiger partial charge in [-0.15, -0.1) is 0 Å². The van der Waals surface area contributed by atoms with Crippen molar-refractivity contribution in [3.8, 4) is 0 Å². The normalized spacial score (nSPS) is 12.8. The summed E-state index contributed by atoms with van der Waals surface area (Å²) in [5.41, 5.74) is 0.760. The van der Waals surface area contributed by atoms with E-state index < -0.39 is 9.84 Å². The van der Waals surface area contributed by atoms with Gasteiger partial charge in [0.25, 0.3) is 0 Å². The Hall–Kier alpha value is -0.910. The Bertz CT molecular complexity index is 449. The fourth-order valence-corrected chi connectivity index (χ4v) is 2.08. The molecule has 1 aromatic carbocycles. The Morgan fingerprint density at radius 3 is 2.12 bits per heavy atom. The van der Waals surface area contributed by atoms with Gasteiger partial charge in [-0.25, -0.2) is 14.3 Å². The highest BCUT2D eigenvalue weighted by atomic mass is 32.2. The molecule has 16 heavy (non-hydrogen) atoms. The molecule has 0 unspecified atom stereocenters. The first-order chi connectivity index (χ1) is 7.27. The molecule has 0 amide bonds. The Balaban J connectivity index is 3.04. The maximum atomic E-state index is 11.3. The van der Waals surface area contributed by atoms with Crippen LogP contribution in [-0.4, -0.2) is 21.3 Å². The maximum absolute atomic E-state index is 11.3. The lowest BCUT2D eigenvalue weighted by Crippen LogP contribution is -2.26. The van der Waals surface area contributed by atoms with Gasteiger partial charge in [0.2, 0.25) is 0 Å². The monoisotopic (exact) mass is 243 g/mol. The topological polar surface area (TPSA) is 69.4 Å². The van der Waals surface area contributed by atoms with Crippen LogP contribution in [0.2, 0.25) is 0 Å². The summed E-state index contributed by atoms with van der Waals surface area (Å²) in [5, 5.41) is 0. The molecule has 0 aliphatic heterocycles. The van der Waals surface area contributed by atoms with Gasteiger partial charge in [-0.2, -0.15) is 0 Å². The van der Waals surface area contributed by atoms with Crippen molar-refractivity contribution in [2.24, 2.45) is 5.90 Å². The standard InChI is InChI=1S/C11H17NO3S/c1-11(2,8-15-12)9-4-6-10(7-5-9)16(3,13)14/h4-7H,8,12H2,1-3H3. The van der Waals surface area contributed by atoms with Gasteiger partial charge in [0.15, 0.2) is 9.84 Å². The van der Waals surface area contributed by atoms with E-state index in [9.17, 15) is 8.42 Å². The van der Waals surface area contributed by atoms with E-state index >= 15 is 0 Å². The second-order valence-electron chi connectivity index (χ2n) is 4.49. The molecular weight excluding hydrogens is 226 g/mol. The lowest BCUT2D eigenvalue weighted by atomic mass is 9.86. The average molecular weight is 243 g/mol. The summed E-state index contributed by atoms with van der Waals surface area (Å²) in [7, 11) is -3.13. The third-order valence-corrected chi connectivity index (χ3v) is 3.64. The van der Waals surface area contributed by atoms with Crippen molar-refractivity contribution in [1.82, 2.24) is 0 Å². The van der Waals surface area contributed by atoms with Crippen molar-refractivity contribution >= 4 is 9.84 Å². The summed E-state index contributed by atoms with van der Waals surface area (Å²) in [6.07, 6.45) is 1.19. The summed E-state index contributed by atoms with van der Waals surface area (Å²) < 4.78 is 22.5. The zero-order valence-electron chi connectivity index (χ0n) is 9.73. The Labute approximate surface area is 96.3 Å². The first kappa shape index (κ1) is 13.2. The molecule has 0 atom stereocenters. The molecule has 2 N–H and O–H groups in total. The van der Waals surface area contributed by atoms with Crippen LogP contribution in [0.3, 0.4) is 0 Å². The number of nitrogens with two attached hydrogens (primary N) is 1. The largest absolute Gasteiger partial charge is 0.304 e. The van der Waals surface area contributed by atoms with Gasteiger partial charge < -0.3 is 4.84 Å². The van der Waals surface area contributed by atoms with Gasteiger partial charge in [-0.3, -0.25) is 0 Å². The van der Waals surface area contributed by atoms with Gasteiger partial charge >= 0.3 is 0 Å². The quantitative estimate of drug-likeness (QED) is 0.808. The second-order valence-corrected chi connectivity index (χ2v) is 6.51. The molecule has 0 spiro atoms. The van der Waals surface area contributed by atoms with Crippen LogP contribution in [0.25, 0.3) is 0 Å². The molecule has 1 rings (SSSR count). The third-order valence-electron chi connectivity index (χ3n) is 2.51. The molecule has 90 valence electrons. The van der Waals surface area contributed by atoms with Crippen molar-refractivity contribution in [1.29, 1.82) is 0 Å². The summed E-state index contributed by atoms with van der Waals surface area (Å²) >= 11 is 0. The van der Waals surface area contributed by atoms with Crippen molar-refractivity contribution in [2.45, 2.75) is 24.2 Å². The zero-order chi connectivity index (χ0) is 12.4. The molecular formula is C11H17NO3S. The molecule has 0 bridgehead atoms. The molecule has 0 aromatic heterocycles. The van der Waals surface area contributed by atoms with Gasteiger partial charge in [0.05, 0.1) is 11.5 Å². The molecule has 0 radical (unpaired) electrons. The molecule has 1 aromatic rings. The van der Waals surface area contributed by atoms with E-state index in [2.05, 4.69) is 4.84 Å². The molecule has 4 nitrogen and oxygen atoms in total. The Morgan fingerprint density at radius 2 is 1.75 bits per heavy atom. The highest BCUT2D eigenvalue weighted by Gasteiger charge is 2.21. The smallest absolute Gasteiger partial charge is 0.175 e. The highest BCUT2D eigenvalue weighted by Crippen LogP contribution is 2.24. The fraction of sp³-hybridized carbons (Fsp3) is 0.455. The summed E-state index contributed by atoms with van der Waals surface area (Å²) in [6, 6.07) is 6.77. The molecule has 0 fully saturated rings. The van der Waals surface area contributed by atoms with E-state index in [1.165, 1.54) is 6.26 Å². The number of hydrogen-bond donors (Lipinski definition) is 1. The van der Waals surface area contributed by atoms with E-state index in [0.29, 0.717) is 11.5 Å². The summed E-state index contributed by atoms with van der Waals surface area (Å²) in [4.78, 5) is 4.96. The molecule has 0 saturated carbocycles. The van der Waals surface area contributed by atoms with Crippen LogP contribution in [-0.2, 0) is 20.1 Å². The van der Waals surface area contributed by atoms with E-state index in [4.69, 9.17) is 5.90 Å². The number of sulfone groups is 1. The van der Waals surface area contributed by atoms with Crippen LogP contribution in [0.4, 0.5) is 0 Å². The van der Waals surface area contributed by atoms with E-state index in [-0.39, 0.29) is 5.41 Å². The van der Waals surface area contributed by atoms with Crippen LogP contribution in [0.5, 0.6) is 0 Å². The maximum Gasteiger partial charge on any atom is 0.175 e. The molecule has 0 saturated heterocycles. The zero-order valence-corrected chi connectivity index (χ0v) is 10.5. The summed E-state index contributed by atoms with van der Waals surface area (Å²) in [6.45, 7) is 4.34.